The van der Waals surface area contributed by atoms with Gasteiger partial charge in [-0.05, 0) is 72.8 Å². The molecule has 0 spiro atoms. The molecule has 1 aromatic heterocycles. The molecule has 218 valence electrons. The van der Waals surface area contributed by atoms with E-state index in [9.17, 15) is 14.7 Å². The summed E-state index contributed by atoms with van der Waals surface area (Å²) in [4.78, 5) is 30.0. The lowest BCUT2D eigenvalue weighted by Crippen LogP contribution is -2.34. The van der Waals surface area contributed by atoms with E-state index in [4.69, 9.17) is 18.6 Å². The molecule has 1 saturated heterocycles. The SMILES string of the molecule is CCOC(=O)c1oc2c(CN3C[C@@]4(C)C[C@H]3CC(C)(C)C4)c(O)c(CC)cc2c(=O)c1-c1ccc2c(c1)OCCO2. The van der Waals surface area contributed by atoms with Crippen LogP contribution in [0, 0.1) is 10.8 Å². The fraction of sp³-hybridized carbons (Fsp3) is 0.515. The first-order valence-electron chi connectivity index (χ1n) is 14.7. The van der Waals surface area contributed by atoms with E-state index in [1.165, 1.54) is 0 Å². The number of aryl methyl sites for hydroxylation is 1. The number of benzene rings is 2. The Morgan fingerprint density at radius 1 is 1.10 bits per heavy atom. The highest BCUT2D eigenvalue weighted by atomic mass is 16.6. The Hall–Kier alpha value is -3.52. The van der Waals surface area contributed by atoms with E-state index >= 15 is 0 Å². The first-order chi connectivity index (χ1) is 19.5. The van der Waals surface area contributed by atoms with Crippen molar-refractivity contribution < 1.29 is 28.5 Å². The molecule has 0 amide bonds. The second kappa shape index (κ2) is 10.1. The number of nitrogens with zero attached hydrogens (tertiary/aromatic N) is 1. The molecule has 1 aliphatic carbocycles. The van der Waals surface area contributed by atoms with Gasteiger partial charge in [-0.1, -0.05) is 33.8 Å². The van der Waals surface area contributed by atoms with Crippen LogP contribution in [0.2, 0.25) is 0 Å². The van der Waals surface area contributed by atoms with Crippen LogP contribution >= 0.6 is 0 Å². The maximum atomic E-state index is 14.3. The topological polar surface area (TPSA) is 98.4 Å². The van der Waals surface area contributed by atoms with E-state index in [0.29, 0.717) is 65.8 Å². The number of likely N-dealkylation sites (tertiary alicyclic amines) is 1. The Kier molecular flexibility index (Phi) is 6.80. The second-order valence-corrected chi connectivity index (χ2v) is 12.9. The fourth-order valence-electron chi connectivity index (χ4n) is 7.63. The molecule has 2 aliphatic heterocycles. The first-order valence-corrected chi connectivity index (χ1v) is 14.7. The Bertz CT molecular complexity index is 1590. The molecule has 3 heterocycles. The Morgan fingerprint density at radius 3 is 2.59 bits per heavy atom. The third-order valence-electron chi connectivity index (χ3n) is 8.89. The van der Waals surface area contributed by atoms with Crippen molar-refractivity contribution in [3.8, 4) is 28.4 Å². The highest BCUT2D eigenvalue weighted by Gasteiger charge is 2.49. The number of hydrogen-bond donors (Lipinski definition) is 1. The molecule has 3 aromatic rings. The molecule has 0 radical (unpaired) electrons. The standard InChI is InChI=1S/C33H39NO7/c1-6-19-12-22-28(36)26(20-8-9-24-25(13-20)40-11-10-39-24)30(31(37)38-7-2)41-29(22)23(27(19)35)16-34-18-33(5)15-21(34)14-32(3,4)17-33/h8-9,12-13,21,35H,6-7,10-11,14-18H2,1-5H3/t21-,33+/m1/s1. The molecular weight excluding hydrogens is 522 g/mol. The van der Waals surface area contributed by atoms with Gasteiger partial charge in [-0.25, -0.2) is 4.79 Å². The van der Waals surface area contributed by atoms with Crippen LogP contribution in [0.3, 0.4) is 0 Å². The van der Waals surface area contributed by atoms with Crippen molar-refractivity contribution in [1.29, 1.82) is 0 Å². The lowest BCUT2D eigenvalue weighted by molar-refractivity contribution is 0.0491. The molecule has 8 heteroatoms. The summed E-state index contributed by atoms with van der Waals surface area (Å²) < 4.78 is 23.1. The Balaban J connectivity index is 1.54. The zero-order chi connectivity index (χ0) is 29.1. The summed E-state index contributed by atoms with van der Waals surface area (Å²) in [7, 11) is 0. The van der Waals surface area contributed by atoms with Crippen LogP contribution in [-0.2, 0) is 17.7 Å². The second-order valence-electron chi connectivity index (χ2n) is 12.9. The number of esters is 1. The normalized spacial score (nSPS) is 23.1. The molecule has 0 unspecified atom stereocenters. The summed E-state index contributed by atoms with van der Waals surface area (Å²) in [6.45, 7) is 13.0. The van der Waals surface area contributed by atoms with E-state index in [0.717, 1.165) is 25.8 Å². The van der Waals surface area contributed by atoms with Crippen LogP contribution in [0.25, 0.3) is 22.1 Å². The van der Waals surface area contributed by atoms with Gasteiger partial charge in [0.15, 0.2) is 11.5 Å². The highest BCUT2D eigenvalue weighted by molar-refractivity contribution is 5.99. The summed E-state index contributed by atoms with van der Waals surface area (Å²) >= 11 is 0. The van der Waals surface area contributed by atoms with Crippen molar-refractivity contribution in [3.63, 3.8) is 0 Å². The number of carbonyl (C=O) groups is 1. The largest absolute Gasteiger partial charge is 0.507 e. The monoisotopic (exact) mass is 561 g/mol. The van der Waals surface area contributed by atoms with E-state index in [-0.39, 0.29) is 45.5 Å². The van der Waals surface area contributed by atoms with Crippen molar-refractivity contribution in [2.75, 3.05) is 26.4 Å². The van der Waals surface area contributed by atoms with Gasteiger partial charge >= 0.3 is 5.97 Å². The number of phenolic OH excluding ortho intramolecular Hbond substituents is 1. The average molecular weight is 562 g/mol. The van der Waals surface area contributed by atoms with Gasteiger partial charge in [0.2, 0.25) is 11.2 Å². The van der Waals surface area contributed by atoms with Gasteiger partial charge in [-0.3, -0.25) is 9.69 Å². The molecule has 8 nitrogen and oxygen atoms in total. The van der Waals surface area contributed by atoms with Crippen molar-refractivity contribution in [1.82, 2.24) is 4.90 Å². The molecule has 2 bridgehead atoms. The number of rotatable bonds is 6. The maximum Gasteiger partial charge on any atom is 0.375 e. The summed E-state index contributed by atoms with van der Waals surface area (Å²) in [5, 5.41) is 11.8. The number of fused-ring (bicyclic) bond motifs is 4. The van der Waals surface area contributed by atoms with Gasteiger partial charge in [0, 0.05) is 19.1 Å². The van der Waals surface area contributed by atoms with E-state index < -0.39 is 5.97 Å². The van der Waals surface area contributed by atoms with Gasteiger partial charge in [0.25, 0.3) is 0 Å². The lowest BCUT2D eigenvalue weighted by atomic mass is 9.65. The van der Waals surface area contributed by atoms with Crippen molar-refractivity contribution in [2.24, 2.45) is 10.8 Å². The smallest absolute Gasteiger partial charge is 0.375 e. The number of ether oxygens (including phenoxy) is 3. The molecule has 1 N–H and O–H groups in total. The number of phenols is 1. The van der Waals surface area contributed by atoms with Crippen molar-refractivity contribution in [2.45, 2.75) is 72.9 Å². The predicted molar refractivity (Wildman–Crippen MR) is 156 cm³/mol. The zero-order valence-corrected chi connectivity index (χ0v) is 24.6. The van der Waals surface area contributed by atoms with E-state index in [1.54, 1.807) is 31.2 Å². The molecule has 41 heavy (non-hydrogen) atoms. The minimum absolute atomic E-state index is 0.109. The summed E-state index contributed by atoms with van der Waals surface area (Å²) in [5.74, 6) is 0.291. The molecule has 6 rings (SSSR count). The van der Waals surface area contributed by atoms with Crippen LogP contribution in [0.15, 0.2) is 33.5 Å². The minimum atomic E-state index is -0.729. The molecular formula is C33H39NO7. The Morgan fingerprint density at radius 2 is 1.85 bits per heavy atom. The number of hydrogen-bond acceptors (Lipinski definition) is 8. The van der Waals surface area contributed by atoms with Gasteiger partial charge in [-0.2, -0.15) is 0 Å². The van der Waals surface area contributed by atoms with Crippen LogP contribution < -0.4 is 14.9 Å². The summed E-state index contributed by atoms with van der Waals surface area (Å²) in [6.07, 6.45) is 3.87. The predicted octanol–water partition coefficient (Wildman–Crippen LogP) is 6.08. The van der Waals surface area contributed by atoms with Gasteiger partial charge < -0.3 is 23.7 Å². The lowest BCUT2D eigenvalue weighted by Gasteiger charge is -2.40. The molecule has 1 saturated carbocycles. The van der Waals surface area contributed by atoms with Gasteiger partial charge in [-0.15, -0.1) is 0 Å². The molecule has 2 aromatic carbocycles. The van der Waals surface area contributed by atoms with Gasteiger partial charge in [0.05, 0.1) is 23.1 Å². The van der Waals surface area contributed by atoms with Crippen LogP contribution in [-0.4, -0.2) is 48.4 Å². The number of carbonyl (C=O) groups excluding carboxylic acids is 1. The molecule has 3 aliphatic rings. The van der Waals surface area contributed by atoms with Crippen LogP contribution in [0.5, 0.6) is 17.2 Å². The van der Waals surface area contributed by atoms with Crippen LogP contribution in [0.1, 0.15) is 75.6 Å². The molecule has 2 fully saturated rings. The summed E-state index contributed by atoms with van der Waals surface area (Å²) in [5.41, 5.74) is 2.12. The first kappa shape index (κ1) is 27.6. The third-order valence-corrected chi connectivity index (χ3v) is 8.89. The summed E-state index contributed by atoms with van der Waals surface area (Å²) in [6, 6.07) is 7.23. The Labute approximate surface area is 240 Å². The zero-order valence-electron chi connectivity index (χ0n) is 24.6. The van der Waals surface area contributed by atoms with Crippen molar-refractivity contribution in [3.05, 3.63) is 51.4 Å². The minimum Gasteiger partial charge on any atom is -0.507 e. The van der Waals surface area contributed by atoms with E-state index in [1.807, 2.05) is 6.92 Å². The van der Waals surface area contributed by atoms with E-state index in [2.05, 4.69) is 25.7 Å². The maximum absolute atomic E-state index is 14.3. The quantitative estimate of drug-likeness (QED) is 0.362. The van der Waals surface area contributed by atoms with Crippen molar-refractivity contribution >= 4 is 16.9 Å². The third kappa shape index (κ3) is 4.86. The van der Waals surface area contributed by atoms with Crippen LogP contribution in [0.4, 0.5) is 0 Å². The fourth-order valence-corrected chi connectivity index (χ4v) is 7.63. The highest BCUT2D eigenvalue weighted by Crippen LogP contribution is 2.53. The van der Waals surface area contributed by atoms with Gasteiger partial charge in [0.1, 0.15) is 24.5 Å². The number of aromatic hydroxyl groups is 1. The average Bonchev–Trinajstić information content (AvgIpc) is 3.17. The molecule has 2 atom stereocenters.